The van der Waals surface area contributed by atoms with Gasteiger partial charge in [0.25, 0.3) is 5.69 Å². The quantitative estimate of drug-likeness (QED) is 0.0648. The maximum absolute atomic E-state index is 10.6. The van der Waals surface area contributed by atoms with Gasteiger partial charge in [-0.1, -0.05) is 13.8 Å². The molecule has 1 aliphatic carbocycles. The molecule has 4 fully saturated rings. The Balaban J connectivity index is 0.000000250. The lowest BCUT2D eigenvalue weighted by Crippen LogP contribution is -2.64. The molecule has 1 aromatic carbocycles. The lowest BCUT2D eigenvalue weighted by Gasteiger charge is -2.46. The lowest BCUT2D eigenvalue weighted by molar-refractivity contribution is -0.384. The molecule has 0 bridgehead atoms. The number of nitro groups is 1. The number of rotatable bonds is 13. The highest BCUT2D eigenvalue weighted by molar-refractivity contribution is 8.00. The topological polar surface area (TPSA) is 393 Å². The zero-order valence-corrected chi connectivity index (χ0v) is 34.3. The van der Waals surface area contributed by atoms with Crippen molar-refractivity contribution in [2.24, 2.45) is 5.92 Å². The molecule has 20 unspecified atom stereocenters. The van der Waals surface area contributed by atoms with E-state index in [0.29, 0.717) is 11.5 Å². The van der Waals surface area contributed by atoms with Gasteiger partial charge in [-0.15, -0.1) is 23.5 Å². The third-order valence-electron chi connectivity index (χ3n) is 10.1. The highest BCUT2D eigenvalue weighted by atomic mass is 32.2. The van der Waals surface area contributed by atoms with Gasteiger partial charge in [0.2, 0.25) is 0 Å². The lowest BCUT2D eigenvalue weighted by atomic mass is 9.81. The number of hydrogen-bond acceptors (Lipinski definition) is 24. The van der Waals surface area contributed by atoms with E-state index in [1.807, 2.05) is 13.8 Å². The van der Waals surface area contributed by atoms with Crippen LogP contribution in [0.25, 0.3) is 0 Å². The Hall–Kier alpha value is -1.64. The second kappa shape index (κ2) is 25.0. The third-order valence-corrected chi connectivity index (χ3v) is 12.2. The highest BCUT2D eigenvalue weighted by Gasteiger charge is 2.51. The van der Waals surface area contributed by atoms with Gasteiger partial charge in [-0.05, 0) is 30.1 Å². The summed E-state index contributed by atoms with van der Waals surface area (Å²) in [5.41, 5.74) is -1.43. The van der Waals surface area contributed by atoms with Crippen molar-refractivity contribution in [3.8, 4) is 5.75 Å². The van der Waals surface area contributed by atoms with E-state index in [0.717, 1.165) is 5.75 Å². The summed E-state index contributed by atoms with van der Waals surface area (Å²) in [4.78, 5) is 10.0. The predicted molar refractivity (Wildman–Crippen MR) is 207 cm³/mol. The summed E-state index contributed by atoms with van der Waals surface area (Å²) in [5.74, 6) is 1.03. The number of nitro benzene ring substituents is 1. The summed E-state index contributed by atoms with van der Waals surface area (Å²) in [7, 11) is 0. The SMILES string of the molecule is CCSC1OC(CO)C(O)C(O)C1O.CCSC1OC(CO)C(OC2OC(CO)C(O)C(O)C2O)C(O)C1O.O=[N+]([O-])c1ccc(OC2CC(CO)C(O)C(O)C2O)cc1. The van der Waals surface area contributed by atoms with Crippen molar-refractivity contribution >= 4 is 29.2 Å². The first-order valence-corrected chi connectivity index (χ1v) is 21.2. The van der Waals surface area contributed by atoms with Crippen LogP contribution >= 0.6 is 23.5 Å². The molecule has 0 amide bonds. The van der Waals surface area contributed by atoms with Gasteiger partial charge in [-0.25, -0.2) is 0 Å². The molecule has 0 radical (unpaired) electrons. The molecule has 0 spiro atoms. The summed E-state index contributed by atoms with van der Waals surface area (Å²) in [6, 6.07) is 5.30. The molecule has 5 rings (SSSR count). The van der Waals surface area contributed by atoms with Crippen molar-refractivity contribution in [1.29, 1.82) is 0 Å². The second-order valence-electron chi connectivity index (χ2n) is 14.2. The van der Waals surface area contributed by atoms with E-state index >= 15 is 0 Å². The van der Waals surface area contributed by atoms with Gasteiger partial charge in [0.15, 0.2) is 6.29 Å². The molecule has 23 nitrogen and oxygen atoms in total. The molecule has 348 valence electrons. The molecule has 4 aliphatic rings. The summed E-state index contributed by atoms with van der Waals surface area (Å²) in [6.07, 6.45) is -21.6. The van der Waals surface area contributed by atoms with Crippen molar-refractivity contribution in [3.63, 3.8) is 0 Å². The molecule has 60 heavy (non-hydrogen) atoms. The minimum Gasteiger partial charge on any atom is -0.488 e. The zero-order valence-electron chi connectivity index (χ0n) is 32.6. The first kappa shape index (κ1) is 52.7. The Morgan fingerprint density at radius 2 is 1.07 bits per heavy atom. The smallest absolute Gasteiger partial charge is 0.269 e. The Morgan fingerprint density at radius 1 is 0.600 bits per heavy atom. The van der Waals surface area contributed by atoms with Gasteiger partial charge in [-0.2, -0.15) is 0 Å². The number of aliphatic hydroxyl groups is 15. The fraction of sp³-hybridized carbons (Fsp3) is 0.829. The average Bonchev–Trinajstić information content (AvgIpc) is 3.24. The van der Waals surface area contributed by atoms with E-state index in [-0.39, 0.29) is 25.3 Å². The number of thioether (sulfide) groups is 2. The van der Waals surface area contributed by atoms with Crippen LogP contribution < -0.4 is 4.74 Å². The summed E-state index contributed by atoms with van der Waals surface area (Å²) >= 11 is 2.58. The molecule has 1 saturated carbocycles. The van der Waals surface area contributed by atoms with Crippen LogP contribution in [0.1, 0.15) is 20.3 Å². The second-order valence-corrected chi connectivity index (χ2v) is 16.9. The molecule has 3 aliphatic heterocycles. The van der Waals surface area contributed by atoms with Crippen LogP contribution in [0, 0.1) is 16.0 Å². The minimum absolute atomic E-state index is 0.0877. The zero-order chi connectivity index (χ0) is 45.0. The van der Waals surface area contributed by atoms with Gasteiger partial charge in [-0.3, -0.25) is 10.1 Å². The molecule has 3 saturated heterocycles. The van der Waals surface area contributed by atoms with E-state index in [2.05, 4.69) is 0 Å². The number of nitrogens with zero attached hydrogens (tertiary/aromatic N) is 1. The monoisotopic (exact) mass is 909 g/mol. The largest absolute Gasteiger partial charge is 0.488 e. The Labute approximate surface area is 352 Å². The molecule has 3 heterocycles. The third kappa shape index (κ3) is 13.2. The average molecular weight is 910 g/mol. The number of ether oxygens (including phenoxy) is 5. The molecular weight excluding hydrogens is 851 g/mol. The van der Waals surface area contributed by atoms with Crippen LogP contribution in [0.2, 0.25) is 0 Å². The fourth-order valence-corrected chi connectivity index (χ4v) is 8.44. The van der Waals surface area contributed by atoms with E-state index in [1.165, 1.54) is 47.8 Å². The fourth-order valence-electron chi connectivity index (χ4n) is 6.63. The van der Waals surface area contributed by atoms with E-state index in [4.69, 9.17) is 33.9 Å². The van der Waals surface area contributed by atoms with Crippen LogP contribution in [-0.4, -0.2) is 234 Å². The van der Waals surface area contributed by atoms with Crippen molar-refractivity contribution < 1.29 is 105 Å². The Bertz CT molecular complexity index is 1380. The Morgan fingerprint density at radius 3 is 1.55 bits per heavy atom. The van der Waals surface area contributed by atoms with Gasteiger partial charge in [0.1, 0.15) is 108 Å². The Kier molecular flexibility index (Phi) is 22.0. The van der Waals surface area contributed by atoms with Gasteiger partial charge < -0.3 is 100 Å². The van der Waals surface area contributed by atoms with Crippen LogP contribution in [-0.2, 0) is 18.9 Å². The minimum atomic E-state index is -1.66. The number of non-ortho nitro benzene ring substituents is 1. The van der Waals surface area contributed by atoms with Gasteiger partial charge in [0.05, 0.1) is 30.8 Å². The van der Waals surface area contributed by atoms with E-state index in [9.17, 15) is 76.5 Å². The molecular formula is C35H59NO22S2. The normalized spacial score (nSPS) is 41.9. The molecule has 0 aromatic heterocycles. The van der Waals surface area contributed by atoms with Crippen molar-refractivity contribution in [3.05, 3.63) is 34.4 Å². The van der Waals surface area contributed by atoms with E-state index < -0.39 is 139 Å². The van der Waals surface area contributed by atoms with Crippen molar-refractivity contribution in [2.75, 3.05) is 37.9 Å². The van der Waals surface area contributed by atoms with Crippen LogP contribution in [0.3, 0.4) is 0 Å². The standard InChI is InChI=1S/C14H26O10S.C13H17NO7.C8H16O5S/c1-2-25-14-11(21)9(19)12(6(4-16)23-14)24-13-10(20)8(18)7(17)5(3-15)22-13;15-6-7-5-10(12(17)13(18)11(7)16)21-9-3-1-8(2-4-9)14(19)20;1-2-14-8-7(12)6(11)5(10)4(3-9)13-8/h5-21H,2-4H2,1H3;1-4,7,10-13,15-18H,5-6H2;4-12H,2-3H2,1H3. The van der Waals surface area contributed by atoms with E-state index in [1.54, 1.807) is 0 Å². The van der Waals surface area contributed by atoms with Gasteiger partial charge >= 0.3 is 0 Å². The summed E-state index contributed by atoms with van der Waals surface area (Å²) in [6.45, 7) is 1.88. The first-order chi connectivity index (χ1) is 28.4. The van der Waals surface area contributed by atoms with Crippen LogP contribution in [0.4, 0.5) is 5.69 Å². The summed E-state index contributed by atoms with van der Waals surface area (Å²) < 4.78 is 26.9. The number of aliphatic hydroxyl groups excluding tert-OH is 15. The summed E-state index contributed by atoms with van der Waals surface area (Å²) in [5, 5.41) is 155. The van der Waals surface area contributed by atoms with Crippen molar-refractivity contribution in [1.82, 2.24) is 0 Å². The molecule has 15 N–H and O–H groups in total. The predicted octanol–water partition coefficient (Wildman–Crippen LogP) is -5.66. The number of hydrogen-bond donors (Lipinski definition) is 15. The number of benzene rings is 1. The van der Waals surface area contributed by atoms with Crippen molar-refractivity contribution in [2.45, 2.75) is 135 Å². The van der Waals surface area contributed by atoms with Gasteiger partial charge in [0, 0.05) is 24.7 Å². The molecule has 25 heteroatoms. The van der Waals surface area contributed by atoms with Crippen LogP contribution in [0.5, 0.6) is 5.75 Å². The maximum atomic E-state index is 10.6. The maximum Gasteiger partial charge on any atom is 0.269 e. The van der Waals surface area contributed by atoms with Crippen LogP contribution in [0.15, 0.2) is 24.3 Å². The molecule has 1 aromatic rings. The highest BCUT2D eigenvalue weighted by Crippen LogP contribution is 2.33. The molecule has 20 atom stereocenters. The first-order valence-electron chi connectivity index (χ1n) is 19.1.